The predicted molar refractivity (Wildman–Crippen MR) is 407 cm³/mol. The van der Waals surface area contributed by atoms with Crippen LogP contribution in [0, 0.1) is 5.41 Å². The minimum Gasteiger partial charge on any atom is -0.508 e. The van der Waals surface area contributed by atoms with Crippen LogP contribution in [0.15, 0.2) is 60.9 Å². The van der Waals surface area contributed by atoms with E-state index in [1.165, 1.54) is 41.3 Å². The minimum atomic E-state index is -2.02. The summed E-state index contributed by atoms with van der Waals surface area (Å²) in [5, 5.41) is 91.0. The Balaban J connectivity index is 1.39. The number of para-hydroxylation sites is 1. The molecule has 4 aromatic rings. The van der Waals surface area contributed by atoms with Crippen LogP contribution in [0.2, 0.25) is 0 Å². The number of hydrogen-bond acceptors (Lipinski definition) is 24. The summed E-state index contributed by atoms with van der Waals surface area (Å²) in [6.45, 7) is -0.196. The van der Waals surface area contributed by atoms with Gasteiger partial charge in [0.2, 0.25) is 76.8 Å². The number of guanidine groups is 1. The first-order chi connectivity index (χ1) is 54.3. The summed E-state index contributed by atoms with van der Waals surface area (Å²) in [5.41, 5.74) is 23.8. The second kappa shape index (κ2) is 43.8. The molecule has 2 aromatic carbocycles. The standard InChI is InChI=1S/C69H97N23O20S2/c1-34(93)55-65(108)85-47(28-54(97)98)66(109)92-25-7-13-51(92)64(107)83-42(10-4-22-75-68(72)73)58(101)87-50-33-114-113-32-49(78-53(96)29-70)62(105)82-44(60(103)88-55)19-16-37-31-91(90-89-37)24-6-12-43(57(100)86-48(67(110)111)26-35-14-17-38(94)18-15-35)79-59(102)45(20-21-52(71)95)81-61(104)46(27-36-30-77-40-9-3-2-8-39(36)40)84-56(99)41(80-63(50)106)11-5-23-76-69(74)112/h2-3,8-9,14-15,17-18,30-31,34,41-51,55,77,93-94H,4-7,10-13,16,19-29,32-33,70H2,1H3,(H2,71,95)(H,78,96)(H,79,102)(H,80,106)(H,81,104)(H,82,105)(H,83,107)(H,84,99)(H,85,108)(H,86,100)(H,87,101)(H,88,103)(H,97,98)(H,110,111)(H4,72,73,75)(H3,74,76,112)/t34-,41+,42+,43-,44+,45+,46+,47+,48+,49?,50+,51+,55+/m1/s1. The topological polar surface area (TPSA) is 688 Å². The van der Waals surface area contributed by atoms with Gasteiger partial charge in [0.1, 0.15) is 78.3 Å². The number of phenols is 1. The number of rotatable bonds is 23. The lowest BCUT2D eigenvalue weighted by Gasteiger charge is -2.31. The van der Waals surface area contributed by atoms with Crippen LogP contribution in [0.3, 0.4) is 0 Å². The monoisotopic (exact) mass is 1630 g/mol. The highest BCUT2D eigenvalue weighted by Gasteiger charge is 2.43. The number of carboxylic acid groups (broad SMARTS) is 2. The van der Waals surface area contributed by atoms with Crippen molar-refractivity contribution in [3.05, 3.63) is 77.7 Å². The summed E-state index contributed by atoms with van der Waals surface area (Å²) in [6.07, 6.45) is -3.67. The number of aryl methyl sites for hydroxylation is 2. The van der Waals surface area contributed by atoms with E-state index >= 15 is 19.2 Å². The van der Waals surface area contributed by atoms with Crippen molar-refractivity contribution in [3.8, 4) is 5.75 Å². The summed E-state index contributed by atoms with van der Waals surface area (Å²) in [7, 11) is 1.64. The maximum absolute atomic E-state index is 15.3. The van der Waals surface area contributed by atoms with Gasteiger partial charge in [-0.25, -0.2) is 9.59 Å². The number of carbonyl (C=O) groups is 16. The fourth-order valence-electron chi connectivity index (χ4n) is 12.6. The lowest BCUT2D eigenvalue weighted by molar-refractivity contribution is -0.146. The Hall–Kier alpha value is -11.9. The van der Waals surface area contributed by atoms with Gasteiger partial charge in [0.05, 0.1) is 24.8 Å². The van der Waals surface area contributed by atoms with Gasteiger partial charge in [0.25, 0.3) is 0 Å². The molecule has 43 nitrogen and oxygen atoms in total. The van der Waals surface area contributed by atoms with Crippen LogP contribution in [-0.4, -0.2) is 262 Å². The predicted octanol–water partition coefficient (Wildman–Crippen LogP) is -6.73. The fraction of sp³-hybridized carbons (Fsp3) is 0.522. The molecule has 3 aliphatic rings. The number of H-pyrrole nitrogens is 1. The molecule has 15 amide bonds. The zero-order valence-electron chi connectivity index (χ0n) is 62.1. The maximum atomic E-state index is 15.3. The molecule has 13 atom stereocenters. The molecule has 27 N–H and O–H groups in total. The van der Waals surface area contributed by atoms with Gasteiger partial charge in [-0.2, -0.15) is 0 Å². The van der Waals surface area contributed by atoms with E-state index in [0.717, 1.165) is 33.4 Å². The van der Waals surface area contributed by atoms with Gasteiger partial charge in [-0.05, 0) is 107 Å². The Bertz CT molecular complexity index is 4150. The molecular weight excluding hydrogens is 1540 g/mol. The van der Waals surface area contributed by atoms with Crippen LogP contribution in [0.1, 0.15) is 101 Å². The number of aromatic hydroxyl groups is 1. The normalized spacial score (nSPS) is 23.8. The number of amides is 15. The van der Waals surface area contributed by atoms with E-state index in [1.54, 1.807) is 24.3 Å². The van der Waals surface area contributed by atoms with Gasteiger partial charge >= 0.3 is 18.0 Å². The van der Waals surface area contributed by atoms with Crippen LogP contribution in [-0.2, 0) is 97.7 Å². The quantitative estimate of drug-likeness (QED) is 0.0142. The number of benzene rings is 2. The molecular formula is C69H97N23O20S2. The Morgan fingerprint density at radius 2 is 1.27 bits per heavy atom. The number of nitrogens with one attached hydrogen (secondary N) is 15. The second-order valence-corrected chi connectivity index (χ2v) is 29.9. The second-order valence-electron chi connectivity index (χ2n) is 27.3. The van der Waals surface area contributed by atoms with Crippen molar-refractivity contribution in [2.24, 2.45) is 22.9 Å². The summed E-state index contributed by atoms with van der Waals surface area (Å²) in [4.78, 5) is 231. The van der Waals surface area contributed by atoms with Gasteiger partial charge in [-0.1, -0.05) is 57.1 Å². The number of nitrogens with zero attached hydrogens (tertiary/aromatic N) is 4. The first-order valence-corrected chi connectivity index (χ1v) is 39.1. The Morgan fingerprint density at radius 1 is 0.667 bits per heavy atom. The molecule has 2 aromatic heterocycles. The van der Waals surface area contributed by atoms with E-state index in [-0.39, 0.29) is 108 Å². The maximum Gasteiger partial charge on any atom is 0.326 e. The van der Waals surface area contributed by atoms with E-state index in [1.807, 2.05) is 0 Å². The van der Waals surface area contributed by atoms with Crippen molar-refractivity contribution in [2.45, 2.75) is 188 Å². The minimum absolute atomic E-state index is 0.0250. The first kappa shape index (κ1) is 89.3. The summed E-state index contributed by atoms with van der Waals surface area (Å²) in [6, 6.07) is -9.58. The molecule has 0 spiro atoms. The van der Waals surface area contributed by atoms with E-state index in [0.29, 0.717) is 22.0 Å². The van der Waals surface area contributed by atoms with E-state index in [4.69, 9.17) is 28.3 Å². The van der Waals surface area contributed by atoms with E-state index in [2.05, 4.69) is 84.4 Å². The third-order valence-electron chi connectivity index (χ3n) is 18.6. The fourth-order valence-corrected chi connectivity index (χ4v) is 14.9. The van der Waals surface area contributed by atoms with Gasteiger partial charge in [-0.15, -0.1) is 5.10 Å². The number of nitrogens with two attached hydrogens (primary N) is 4. The van der Waals surface area contributed by atoms with E-state index < -0.39 is 223 Å². The molecule has 45 heteroatoms. The smallest absolute Gasteiger partial charge is 0.326 e. The number of aliphatic carboxylic acids is 2. The van der Waals surface area contributed by atoms with Crippen molar-refractivity contribution < 1.29 is 97.1 Å². The van der Waals surface area contributed by atoms with Crippen LogP contribution in [0.5, 0.6) is 5.75 Å². The van der Waals surface area contributed by atoms with Crippen molar-refractivity contribution in [1.82, 2.24) is 94.0 Å². The number of urea groups is 1. The van der Waals surface area contributed by atoms with Crippen LogP contribution in [0.25, 0.3) is 10.9 Å². The number of aliphatic hydroxyl groups excluding tert-OH is 1. The lowest BCUT2D eigenvalue weighted by Crippen LogP contribution is -2.62. The molecule has 5 heterocycles. The molecule has 114 heavy (non-hydrogen) atoms. The van der Waals surface area contributed by atoms with Gasteiger partial charge in [-0.3, -0.25) is 77.2 Å². The zero-order chi connectivity index (χ0) is 83.3. The van der Waals surface area contributed by atoms with Crippen LogP contribution < -0.4 is 92.1 Å². The molecule has 2 fully saturated rings. The third-order valence-corrected chi connectivity index (χ3v) is 21.0. The molecule has 0 aliphatic carbocycles. The Morgan fingerprint density at radius 3 is 1.94 bits per heavy atom. The first-order valence-electron chi connectivity index (χ1n) is 36.6. The number of carbonyl (C=O) groups excluding carboxylic acids is 14. The molecule has 4 bridgehead atoms. The molecule has 620 valence electrons. The molecule has 7 rings (SSSR count). The Kier molecular flexibility index (Phi) is 34.3. The van der Waals surface area contributed by atoms with Crippen molar-refractivity contribution in [1.29, 1.82) is 5.41 Å². The number of hydrogen-bond donors (Lipinski definition) is 23. The van der Waals surface area contributed by atoms with Crippen LogP contribution in [0.4, 0.5) is 4.79 Å². The largest absolute Gasteiger partial charge is 0.508 e. The van der Waals surface area contributed by atoms with Gasteiger partial charge in [0.15, 0.2) is 5.96 Å². The van der Waals surface area contributed by atoms with E-state index in [9.17, 15) is 78.0 Å². The molecule has 0 radical (unpaired) electrons. The number of phenolic OH excluding ortho intramolecular Hbond substituents is 1. The van der Waals surface area contributed by atoms with Crippen molar-refractivity contribution >= 4 is 133 Å². The molecule has 1 unspecified atom stereocenters. The molecule has 2 saturated heterocycles. The number of primary amides is 2. The van der Waals surface area contributed by atoms with Gasteiger partial charge in [0, 0.05) is 80.2 Å². The summed E-state index contributed by atoms with van der Waals surface area (Å²) < 4.78 is 1.29. The van der Waals surface area contributed by atoms with Gasteiger partial charge < -0.3 is 122 Å². The Labute approximate surface area is 659 Å². The average Bonchev–Trinajstić information content (AvgIpc) is 1.60. The number of aliphatic hydroxyl groups is 1. The van der Waals surface area contributed by atoms with Crippen molar-refractivity contribution in [3.63, 3.8) is 0 Å². The number of aromatic nitrogens is 4. The summed E-state index contributed by atoms with van der Waals surface area (Å²) in [5.74, 6) is -18.8. The molecule has 3 aliphatic heterocycles. The van der Waals surface area contributed by atoms with Crippen LogP contribution >= 0.6 is 21.6 Å². The lowest BCUT2D eigenvalue weighted by atomic mass is 10.0. The number of aromatic amines is 1. The number of carboxylic acids is 2. The zero-order valence-corrected chi connectivity index (χ0v) is 63.7. The summed E-state index contributed by atoms with van der Waals surface area (Å²) >= 11 is 0. The number of fused-ring (bicyclic) bond motifs is 12. The third kappa shape index (κ3) is 27.8. The average molecular weight is 1630 g/mol. The SMILES string of the molecule is C[C@@H](O)[C@@H]1NC(=O)[C@@H]2CCc3cn(nn3)CCC[C@H](C(=O)N[C@@H](Cc3ccc(O)cc3)C(=O)O)NC(=O)[C@H](CCC(N)=O)NC(=O)[C@H](Cc3c[nH]c4ccccc34)NC(=O)[C@H](CCCNC(N)=O)NC(=O)[C@H](CSSCC(NC(=O)CN)C(=O)N2)NC(=O)[C@H](CCCNC(=N)N)NC(=O)[C@@H]2CCCN2C(=O)[C@H](CC(=O)O)NC1=O. The highest BCUT2D eigenvalue weighted by atomic mass is 33.1. The highest BCUT2D eigenvalue weighted by Crippen LogP contribution is 2.26. The molecule has 0 saturated carbocycles. The van der Waals surface area contributed by atoms with Crippen molar-refractivity contribution in [2.75, 3.05) is 37.7 Å². The highest BCUT2D eigenvalue weighted by molar-refractivity contribution is 8.76.